The molecule has 0 radical (unpaired) electrons. The Morgan fingerprint density at radius 2 is 2.00 bits per heavy atom. The van der Waals surface area contributed by atoms with E-state index in [2.05, 4.69) is 14.9 Å². The Labute approximate surface area is 173 Å². The first-order valence-electron chi connectivity index (χ1n) is 9.74. The van der Waals surface area contributed by atoms with Crippen molar-refractivity contribution in [2.75, 3.05) is 33.3 Å². The highest BCUT2D eigenvalue weighted by Crippen LogP contribution is 2.23. The molecule has 0 unspecified atom stereocenters. The standard InChI is InChI=1S/C21H23N5O4/c1-14-16(4-3-5-19(14)26(28)29)21(27)25-10-8-24(9-11-25)13-20-22-17-7-6-15(30-2)12-18(17)23-20/h3-7,12H,8-11,13H2,1-2H3,(H,22,23). The first kappa shape index (κ1) is 19.8. The molecule has 0 saturated carbocycles. The SMILES string of the molecule is COc1ccc2nc(CN3CCN(C(=O)c4cccc([N+](=O)[O-])c4C)CC3)[nH]c2c1. The fourth-order valence-corrected chi connectivity index (χ4v) is 3.79. The molecule has 1 fully saturated rings. The van der Waals surface area contributed by atoms with Crippen molar-refractivity contribution in [3.8, 4) is 5.75 Å². The van der Waals surface area contributed by atoms with E-state index in [1.165, 1.54) is 6.07 Å². The predicted molar refractivity (Wildman–Crippen MR) is 112 cm³/mol. The molecule has 9 nitrogen and oxygen atoms in total. The number of benzene rings is 2. The van der Waals surface area contributed by atoms with Gasteiger partial charge in [-0.15, -0.1) is 0 Å². The monoisotopic (exact) mass is 409 g/mol. The maximum atomic E-state index is 12.9. The summed E-state index contributed by atoms with van der Waals surface area (Å²) >= 11 is 0. The molecule has 156 valence electrons. The lowest BCUT2D eigenvalue weighted by molar-refractivity contribution is -0.385. The van der Waals surface area contributed by atoms with Gasteiger partial charge in [-0.2, -0.15) is 0 Å². The van der Waals surface area contributed by atoms with Gasteiger partial charge in [0.15, 0.2) is 0 Å². The van der Waals surface area contributed by atoms with Crippen LogP contribution in [0.25, 0.3) is 11.0 Å². The summed E-state index contributed by atoms with van der Waals surface area (Å²) < 4.78 is 5.25. The average Bonchev–Trinajstić information content (AvgIpc) is 3.15. The fourth-order valence-electron chi connectivity index (χ4n) is 3.79. The summed E-state index contributed by atoms with van der Waals surface area (Å²) in [7, 11) is 1.63. The number of methoxy groups -OCH3 is 1. The number of imidazole rings is 1. The largest absolute Gasteiger partial charge is 0.497 e. The topological polar surface area (TPSA) is 105 Å². The smallest absolute Gasteiger partial charge is 0.273 e. The molecule has 9 heteroatoms. The summed E-state index contributed by atoms with van der Waals surface area (Å²) in [6, 6.07) is 10.4. The van der Waals surface area contributed by atoms with Crippen LogP contribution in [0, 0.1) is 17.0 Å². The molecule has 0 aliphatic carbocycles. The quantitative estimate of drug-likeness (QED) is 0.513. The zero-order valence-corrected chi connectivity index (χ0v) is 16.9. The number of H-pyrrole nitrogens is 1. The van der Waals surface area contributed by atoms with Gasteiger partial charge in [0.05, 0.1) is 29.6 Å². The number of nitro benzene ring substituents is 1. The van der Waals surface area contributed by atoms with Crippen molar-refractivity contribution in [3.63, 3.8) is 0 Å². The van der Waals surface area contributed by atoms with Gasteiger partial charge in [0, 0.05) is 49.4 Å². The highest BCUT2D eigenvalue weighted by molar-refractivity contribution is 5.96. The van der Waals surface area contributed by atoms with E-state index in [9.17, 15) is 14.9 Å². The number of aromatic nitrogens is 2. The Bertz CT molecular complexity index is 1100. The number of fused-ring (bicyclic) bond motifs is 1. The van der Waals surface area contributed by atoms with Gasteiger partial charge in [-0.25, -0.2) is 4.98 Å². The first-order valence-corrected chi connectivity index (χ1v) is 9.74. The number of aromatic amines is 1. The summed E-state index contributed by atoms with van der Waals surface area (Å²) in [6.07, 6.45) is 0. The van der Waals surface area contributed by atoms with E-state index in [1.54, 1.807) is 31.1 Å². The minimum atomic E-state index is -0.451. The minimum Gasteiger partial charge on any atom is -0.497 e. The highest BCUT2D eigenvalue weighted by Gasteiger charge is 2.26. The van der Waals surface area contributed by atoms with Crippen molar-refractivity contribution in [3.05, 3.63) is 63.5 Å². The Morgan fingerprint density at radius 1 is 1.23 bits per heavy atom. The molecule has 1 aliphatic heterocycles. The second-order valence-electron chi connectivity index (χ2n) is 7.34. The molecule has 0 bridgehead atoms. The van der Waals surface area contributed by atoms with Gasteiger partial charge in [-0.05, 0) is 25.1 Å². The molecule has 1 aromatic heterocycles. The van der Waals surface area contributed by atoms with Crippen molar-refractivity contribution >= 4 is 22.6 Å². The van der Waals surface area contributed by atoms with Crippen molar-refractivity contribution in [1.82, 2.24) is 19.8 Å². The van der Waals surface area contributed by atoms with Gasteiger partial charge in [0.25, 0.3) is 11.6 Å². The van der Waals surface area contributed by atoms with Crippen molar-refractivity contribution in [2.24, 2.45) is 0 Å². The zero-order chi connectivity index (χ0) is 21.3. The lowest BCUT2D eigenvalue weighted by Gasteiger charge is -2.34. The number of ether oxygens (including phenoxy) is 1. The Kier molecular flexibility index (Phi) is 5.37. The molecular weight excluding hydrogens is 386 g/mol. The van der Waals surface area contributed by atoms with Crippen molar-refractivity contribution in [2.45, 2.75) is 13.5 Å². The van der Waals surface area contributed by atoms with Crippen LogP contribution in [0.1, 0.15) is 21.7 Å². The third-order valence-corrected chi connectivity index (χ3v) is 5.50. The third-order valence-electron chi connectivity index (χ3n) is 5.50. The molecule has 3 aromatic rings. The number of rotatable bonds is 5. The molecule has 30 heavy (non-hydrogen) atoms. The van der Waals surface area contributed by atoms with Crippen LogP contribution in [-0.4, -0.2) is 63.9 Å². The van der Waals surface area contributed by atoms with Crippen LogP contribution in [0.3, 0.4) is 0 Å². The van der Waals surface area contributed by atoms with Gasteiger partial charge in [-0.3, -0.25) is 19.8 Å². The average molecular weight is 409 g/mol. The fraction of sp³-hybridized carbons (Fsp3) is 0.333. The number of carbonyl (C=O) groups excluding carboxylic acids is 1. The third kappa shape index (κ3) is 3.84. The molecule has 1 saturated heterocycles. The van der Waals surface area contributed by atoms with E-state index in [1.807, 2.05) is 18.2 Å². The maximum absolute atomic E-state index is 12.9. The predicted octanol–water partition coefficient (Wildman–Crippen LogP) is 2.75. The number of carbonyl (C=O) groups is 1. The summed E-state index contributed by atoms with van der Waals surface area (Å²) in [5.74, 6) is 1.49. The summed E-state index contributed by atoms with van der Waals surface area (Å²) in [5.41, 5.74) is 2.59. The number of nitro groups is 1. The first-order chi connectivity index (χ1) is 14.5. The molecule has 0 atom stereocenters. The van der Waals surface area contributed by atoms with Gasteiger partial charge in [0.2, 0.25) is 0 Å². The second kappa shape index (κ2) is 8.11. The number of hydrogen-bond acceptors (Lipinski definition) is 6. The van der Waals surface area contributed by atoms with Crippen LogP contribution in [0.4, 0.5) is 5.69 Å². The maximum Gasteiger partial charge on any atom is 0.273 e. The molecule has 2 aromatic carbocycles. The van der Waals surface area contributed by atoms with E-state index in [-0.39, 0.29) is 11.6 Å². The number of nitrogens with one attached hydrogen (secondary N) is 1. The number of hydrogen-bond donors (Lipinski definition) is 1. The van der Waals surface area contributed by atoms with Gasteiger partial charge < -0.3 is 14.6 Å². The second-order valence-corrected chi connectivity index (χ2v) is 7.34. The molecule has 1 N–H and O–H groups in total. The molecule has 2 heterocycles. The van der Waals surface area contributed by atoms with Crippen LogP contribution in [-0.2, 0) is 6.54 Å². The Hall–Kier alpha value is -3.46. The molecule has 4 rings (SSSR count). The van der Waals surface area contributed by atoms with Crippen molar-refractivity contribution in [1.29, 1.82) is 0 Å². The molecular formula is C21H23N5O4. The van der Waals surface area contributed by atoms with E-state index >= 15 is 0 Å². The van der Waals surface area contributed by atoms with E-state index < -0.39 is 4.92 Å². The Morgan fingerprint density at radius 3 is 2.70 bits per heavy atom. The zero-order valence-electron chi connectivity index (χ0n) is 16.9. The number of amides is 1. The van der Waals surface area contributed by atoms with E-state index in [4.69, 9.17) is 4.74 Å². The highest BCUT2D eigenvalue weighted by atomic mass is 16.6. The van der Waals surface area contributed by atoms with Gasteiger partial charge in [0.1, 0.15) is 11.6 Å². The summed E-state index contributed by atoms with van der Waals surface area (Å²) in [6.45, 7) is 4.83. The van der Waals surface area contributed by atoms with Crippen LogP contribution in [0.2, 0.25) is 0 Å². The van der Waals surface area contributed by atoms with Crippen LogP contribution in [0.5, 0.6) is 5.75 Å². The molecule has 1 amide bonds. The lowest BCUT2D eigenvalue weighted by Crippen LogP contribution is -2.48. The minimum absolute atomic E-state index is 0.0269. The lowest BCUT2D eigenvalue weighted by atomic mass is 10.1. The van der Waals surface area contributed by atoms with Crippen molar-refractivity contribution < 1.29 is 14.5 Å². The summed E-state index contributed by atoms with van der Waals surface area (Å²) in [4.78, 5) is 35.5. The molecule has 1 aliphatic rings. The van der Waals surface area contributed by atoms with Gasteiger partial charge >= 0.3 is 0 Å². The van der Waals surface area contributed by atoms with Crippen LogP contribution >= 0.6 is 0 Å². The Balaban J connectivity index is 1.40. The normalized spacial score (nSPS) is 14.8. The summed E-state index contributed by atoms with van der Waals surface area (Å²) in [5, 5.41) is 11.1. The van der Waals surface area contributed by atoms with Crippen LogP contribution in [0.15, 0.2) is 36.4 Å². The number of nitrogens with zero attached hydrogens (tertiary/aromatic N) is 4. The van der Waals surface area contributed by atoms with Gasteiger partial charge in [-0.1, -0.05) is 6.07 Å². The van der Waals surface area contributed by atoms with E-state index in [0.29, 0.717) is 43.9 Å². The molecule has 0 spiro atoms. The van der Waals surface area contributed by atoms with Crippen LogP contribution < -0.4 is 4.74 Å². The number of piperazine rings is 1. The van der Waals surface area contributed by atoms with E-state index in [0.717, 1.165) is 22.6 Å².